The second-order valence-corrected chi connectivity index (χ2v) is 3.59. The first-order valence-corrected chi connectivity index (χ1v) is 5.07. The van der Waals surface area contributed by atoms with E-state index in [0.717, 1.165) is 5.56 Å². The number of hydrogen-bond acceptors (Lipinski definition) is 3. The molecule has 0 fully saturated rings. The quantitative estimate of drug-likeness (QED) is 0.815. The SMILES string of the molecule is Cc1cnccc1NC(=O)c1ccc(=O)[nH]c1. The largest absolute Gasteiger partial charge is 0.328 e. The van der Waals surface area contributed by atoms with E-state index in [1.807, 2.05) is 6.92 Å². The van der Waals surface area contributed by atoms with Crippen LogP contribution in [-0.2, 0) is 0 Å². The third-order valence-corrected chi connectivity index (χ3v) is 2.31. The van der Waals surface area contributed by atoms with Crippen LogP contribution in [0.1, 0.15) is 15.9 Å². The van der Waals surface area contributed by atoms with Gasteiger partial charge in [-0.3, -0.25) is 14.6 Å². The van der Waals surface area contributed by atoms with Crippen molar-refractivity contribution in [3.8, 4) is 0 Å². The van der Waals surface area contributed by atoms with Gasteiger partial charge >= 0.3 is 0 Å². The van der Waals surface area contributed by atoms with Crippen LogP contribution >= 0.6 is 0 Å². The fourth-order valence-corrected chi connectivity index (χ4v) is 1.36. The summed E-state index contributed by atoms with van der Waals surface area (Å²) >= 11 is 0. The highest BCUT2D eigenvalue weighted by molar-refractivity contribution is 6.04. The molecule has 2 N–H and O–H groups in total. The summed E-state index contributed by atoms with van der Waals surface area (Å²) in [7, 11) is 0. The zero-order chi connectivity index (χ0) is 12.3. The van der Waals surface area contributed by atoms with Crippen LogP contribution in [0, 0.1) is 6.92 Å². The molecule has 0 saturated heterocycles. The highest BCUT2D eigenvalue weighted by Crippen LogP contribution is 2.12. The molecule has 0 spiro atoms. The molecule has 0 aliphatic carbocycles. The summed E-state index contributed by atoms with van der Waals surface area (Å²) in [4.78, 5) is 29.1. The second-order valence-electron chi connectivity index (χ2n) is 3.59. The molecule has 5 heteroatoms. The minimum atomic E-state index is -0.268. The van der Waals surface area contributed by atoms with Crippen LogP contribution in [0.4, 0.5) is 5.69 Å². The summed E-state index contributed by atoms with van der Waals surface area (Å²) < 4.78 is 0. The molecule has 86 valence electrons. The number of hydrogen-bond donors (Lipinski definition) is 2. The van der Waals surface area contributed by atoms with Crippen molar-refractivity contribution in [2.24, 2.45) is 0 Å². The molecule has 0 saturated carbocycles. The molecule has 0 aliphatic rings. The number of carbonyl (C=O) groups is 1. The molecule has 0 aliphatic heterocycles. The molecular weight excluding hydrogens is 218 g/mol. The normalized spacial score (nSPS) is 9.94. The van der Waals surface area contributed by atoms with E-state index in [1.54, 1.807) is 18.5 Å². The fraction of sp³-hybridized carbons (Fsp3) is 0.0833. The van der Waals surface area contributed by atoms with Gasteiger partial charge < -0.3 is 10.3 Å². The van der Waals surface area contributed by atoms with Gasteiger partial charge in [-0.05, 0) is 24.6 Å². The average Bonchev–Trinajstić information content (AvgIpc) is 2.33. The van der Waals surface area contributed by atoms with Gasteiger partial charge in [0.2, 0.25) is 5.56 Å². The van der Waals surface area contributed by atoms with E-state index in [4.69, 9.17) is 0 Å². The van der Waals surface area contributed by atoms with Gasteiger partial charge in [0.15, 0.2) is 0 Å². The van der Waals surface area contributed by atoms with E-state index in [0.29, 0.717) is 11.3 Å². The summed E-state index contributed by atoms with van der Waals surface area (Å²) in [6.45, 7) is 1.86. The molecule has 0 unspecified atom stereocenters. The van der Waals surface area contributed by atoms with Crippen molar-refractivity contribution in [1.82, 2.24) is 9.97 Å². The topological polar surface area (TPSA) is 74.8 Å². The second kappa shape index (κ2) is 4.61. The molecule has 1 amide bonds. The lowest BCUT2D eigenvalue weighted by Crippen LogP contribution is -2.15. The van der Waals surface area contributed by atoms with E-state index in [-0.39, 0.29) is 11.5 Å². The Morgan fingerprint density at radius 2 is 2.18 bits per heavy atom. The number of nitrogens with zero attached hydrogens (tertiary/aromatic N) is 1. The predicted molar refractivity (Wildman–Crippen MR) is 64.0 cm³/mol. The lowest BCUT2D eigenvalue weighted by molar-refractivity contribution is 0.102. The lowest BCUT2D eigenvalue weighted by atomic mass is 10.2. The van der Waals surface area contributed by atoms with Gasteiger partial charge in [0.25, 0.3) is 5.91 Å². The van der Waals surface area contributed by atoms with E-state index in [9.17, 15) is 9.59 Å². The van der Waals surface area contributed by atoms with Crippen LogP contribution in [0.3, 0.4) is 0 Å². The maximum absolute atomic E-state index is 11.8. The van der Waals surface area contributed by atoms with Gasteiger partial charge in [0.1, 0.15) is 0 Å². The smallest absolute Gasteiger partial charge is 0.257 e. The standard InChI is InChI=1S/C12H11N3O2/c1-8-6-13-5-4-10(8)15-12(17)9-2-3-11(16)14-7-9/h2-7H,1H3,(H,14,16)(H,13,15,17). The molecule has 0 aromatic carbocycles. The number of amides is 1. The van der Waals surface area contributed by atoms with E-state index in [2.05, 4.69) is 15.3 Å². The van der Waals surface area contributed by atoms with Crippen LogP contribution in [0.2, 0.25) is 0 Å². The number of aromatic nitrogens is 2. The Kier molecular flexibility index (Phi) is 3.00. The van der Waals surface area contributed by atoms with Crippen molar-refractivity contribution in [3.05, 3.63) is 58.3 Å². The van der Waals surface area contributed by atoms with Gasteiger partial charge in [0.05, 0.1) is 5.56 Å². The number of anilines is 1. The molecule has 2 heterocycles. The summed E-state index contributed by atoms with van der Waals surface area (Å²) in [6.07, 6.45) is 4.66. The third kappa shape index (κ3) is 2.57. The number of nitrogens with one attached hydrogen (secondary N) is 2. The first-order valence-electron chi connectivity index (χ1n) is 5.07. The average molecular weight is 229 g/mol. The molecule has 0 atom stereocenters. The van der Waals surface area contributed by atoms with Crippen LogP contribution in [0.5, 0.6) is 0 Å². The van der Waals surface area contributed by atoms with Crippen molar-refractivity contribution < 1.29 is 4.79 Å². The van der Waals surface area contributed by atoms with Crippen molar-refractivity contribution in [3.63, 3.8) is 0 Å². The highest BCUT2D eigenvalue weighted by atomic mass is 16.1. The molecule has 0 bridgehead atoms. The molecule has 17 heavy (non-hydrogen) atoms. The Labute approximate surface area is 97.5 Å². The molecule has 2 rings (SSSR count). The Hall–Kier alpha value is -2.43. The van der Waals surface area contributed by atoms with Gasteiger partial charge in [-0.15, -0.1) is 0 Å². The third-order valence-electron chi connectivity index (χ3n) is 2.31. The van der Waals surface area contributed by atoms with Gasteiger partial charge in [-0.1, -0.05) is 0 Å². The van der Waals surface area contributed by atoms with Crippen LogP contribution in [-0.4, -0.2) is 15.9 Å². The van der Waals surface area contributed by atoms with Crippen molar-refractivity contribution in [2.45, 2.75) is 6.92 Å². The zero-order valence-electron chi connectivity index (χ0n) is 9.23. The molecular formula is C12H11N3O2. The maximum Gasteiger partial charge on any atom is 0.257 e. The number of aromatic amines is 1. The van der Waals surface area contributed by atoms with Crippen LogP contribution in [0.15, 0.2) is 41.6 Å². The van der Waals surface area contributed by atoms with E-state index in [1.165, 1.54) is 18.3 Å². The summed E-state index contributed by atoms with van der Waals surface area (Å²) in [5.74, 6) is -0.268. The summed E-state index contributed by atoms with van der Waals surface area (Å²) in [6, 6.07) is 4.51. The summed E-state index contributed by atoms with van der Waals surface area (Å²) in [5, 5.41) is 2.74. The minimum Gasteiger partial charge on any atom is -0.328 e. The highest BCUT2D eigenvalue weighted by Gasteiger charge is 2.07. The maximum atomic E-state index is 11.8. The van der Waals surface area contributed by atoms with Crippen molar-refractivity contribution >= 4 is 11.6 Å². The van der Waals surface area contributed by atoms with E-state index < -0.39 is 0 Å². The monoisotopic (exact) mass is 229 g/mol. The number of aryl methyl sites for hydroxylation is 1. The number of H-pyrrole nitrogens is 1. The Morgan fingerprint density at radius 3 is 2.82 bits per heavy atom. The fourth-order valence-electron chi connectivity index (χ4n) is 1.36. The van der Waals surface area contributed by atoms with Crippen LogP contribution in [0.25, 0.3) is 0 Å². The van der Waals surface area contributed by atoms with E-state index >= 15 is 0 Å². The van der Waals surface area contributed by atoms with Gasteiger partial charge in [0, 0.05) is 30.3 Å². The summed E-state index contributed by atoms with van der Waals surface area (Å²) in [5.41, 5.74) is 1.75. The Bertz CT molecular complexity index is 584. The molecule has 0 radical (unpaired) electrons. The number of carbonyl (C=O) groups excluding carboxylic acids is 1. The number of rotatable bonds is 2. The molecule has 5 nitrogen and oxygen atoms in total. The first-order chi connectivity index (χ1) is 8.16. The lowest BCUT2D eigenvalue weighted by Gasteiger charge is -2.06. The predicted octanol–water partition coefficient (Wildman–Crippen LogP) is 1.33. The van der Waals surface area contributed by atoms with Crippen molar-refractivity contribution in [1.29, 1.82) is 0 Å². The molecule has 2 aromatic rings. The van der Waals surface area contributed by atoms with Crippen molar-refractivity contribution in [2.75, 3.05) is 5.32 Å². The van der Waals surface area contributed by atoms with Gasteiger partial charge in [-0.2, -0.15) is 0 Å². The van der Waals surface area contributed by atoms with Gasteiger partial charge in [-0.25, -0.2) is 0 Å². The van der Waals surface area contributed by atoms with Crippen LogP contribution < -0.4 is 10.9 Å². The number of pyridine rings is 2. The molecule has 2 aromatic heterocycles. The first kappa shape index (κ1) is 11.1. The minimum absolute atomic E-state index is 0.235. The zero-order valence-corrected chi connectivity index (χ0v) is 9.23. The Balaban J connectivity index is 2.20. The Morgan fingerprint density at radius 1 is 1.35 bits per heavy atom.